The fraction of sp³-hybridized carbons (Fsp3) is 0.692. The van der Waals surface area contributed by atoms with Gasteiger partial charge in [0.25, 0.3) is 5.91 Å². The summed E-state index contributed by atoms with van der Waals surface area (Å²) >= 11 is 0. The standard InChI is InChI=1S/C13H18F3N3O2/c1-12(21,13(14,15)16)11(20)19-5-3-4-9(7-19)10-6-17-8-18(10)2/h6,8-9,21H,3-5,7H2,1-2H3. The van der Waals surface area contributed by atoms with Crippen LogP contribution in [0.2, 0.25) is 0 Å². The number of carbonyl (C=O) groups is 1. The number of hydrogen-bond acceptors (Lipinski definition) is 3. The predicted octanol–water partition coefficient (Wildman–Crippen LogP) is 1.44. The highest BCUT2D eigenvalue weighted by Gasteiger charge is 2.57. The number of imidazole rings is 1. The van der Waals surface area contributed by atoms with Gasteiger partial charge in [-0.05, 0) is 19.8 Å². The molecule has 2 atom stereocenters. The maximum atomic E-state index is 12.8. The number of alkyl halides is 3. The number of carbonyl (C=O) groups excluding carboxylic acids is 1. The quantitative estimate of drug-likeness (QED) is 0.899. The van der Waals surface area contributed by atoms with E-state index in [1.165, 1.54) is 0 Å². The summed E-state index contributed by atoms with van der Waals surface area (Å²) < 4.78 is 40.1. The van der Waals surface area contributed by atoms with Crippen LogP contribution in [0, 0.1) is 0 Å². The van der Waals surface area contributed by atoms with Crippen molar-refractivity contribution >= 4 is 5.91 Å². The van der Waals surface area contributed by atoms with Crippen LogP contribution < -0.4 is 0 Å². The molecule has 5 nitrogen and oxygen atoms in total. The van der Waals surface area contributed by atoms with Gasteiger partial charge < -0.3 is 14.6 Å². The first-order chi connectivity index (χ1) is 9.64. The number of aliphatic hydroxyl groups is 1. The van der Waals surface area contributed by atoms with Crippen LogP contribution in [0.15, 0.2) is 12.5 Å². The van der Waals surface area contributed by atoms with Gasteiger partial charge in [0.1, 0.15) is 0 Å². The second-order valence-corrected chi connectivity index (χ2v) is 5.59. The molecule has 1 aliphatic heterocycles. The molecule has 0 aliphatic carbocycles. The highest BCUT2D eigenvalue weighted by atomic mass is 19.4. The van der Waals surface area contributed by atoms with Gasteiger partial charge in [0, 0.05) is 37.9 Å². The monoisotopic (exact) mass is 305 g/mol. The molecule has 1 fully saturated rings. The molecule has 1 aromatic heterocycles. The van der Waals surface area contributed by atoms with Crippen molar-refractivity contribution in [2.45, 2.75) is 37.5 Å². The van der Waals surface area contributed by atoms with Crippen LogP contribution in [0.4, 0.5) is 13.2 Å². The maximum absolute atomic E-state index is 12.8. The molecule has 2 heterocycles. The van der Waals surface area contributed by atoms with Crippen LogP contribution in [-0.4, -0.2) is 50.3 Å². The van der Waals surface area contributed by atoms with Gasteiger partial charge in [-0.2, -0.15) is 13.2 Å². The second kappa shape index (κ2) is 5.32. The van der Waals surface area contributed by atoms with Crippen LogP contribution in [0.3, 0.4) is 0 Å². The summed E-state index contributed by atoms with van der Waals surface area (Å²) in [5.74, 6) is -1.36. The average molecular weight is 305 g/mol. The summed E-state index contributed by atoms with van der Waals surface area (Å²) in [6.45, 7) is 0.882. The number of piperidine rings is 1. The van der Waals surface area contributed by atoms with Crippen molar-refractivity contribution in [2.75, 3.05) is 13.1 Å². The van der Waals surface area contributed by atoms with Crippen molar-refractivity contribution < 1.29 is 23.1 Å². The molecule has 1 saturated heterocycles. The minimum Gasteiger partial charge on any atom is -0.373 e. The lowest BCUT2D eigenvalue weighted by Gasteiger charge is -2.37. The van der Waals surface area contributed by atoms with Crippen molar-refractivity contribution in [2.24, 2.45) is 7.05 Å². The largest absolute Gasteiger partial charge is 0.426 e. The van der Waals surface area contributed by atoms with E-state index in [0.29, 0.717) is 13.3 Å². The molecular formula is C13H18F3N3O2. The number of hydrogen-bond donors (Lipinski definition) is 1. The molecule has 21 heavy (non-hydrogen) atoms. The third kappa shape index (κ3) is 2.90. The summed E-state index contributed by atoms with van der Waals surface area (Å²) in [6, 6.07) is 0. The van der Waals surface area contributed by atoms with E-state index >= 15 is 0 Å². The van der Waals surface area contributed by atoms with E-state index in [1.54, 1.807) is 24.1 Å². The lowest BCUT2D eigenvalue weighted by atomic mass is 9.93. The minimum absolute atomic E-state index is 0.0702. The zero-order valence-electron chi connectivity index (χ0n) is 11.9. The SMILES string of the molecule is Cn1cncc1C1CCCN(C(=O)C(C)(O)C(F)(F)F)C1. The van der Waals surface area contributed by atoms with Crippen molar-refractivity contribution in [1.29, 1.82) is 0 Å². The Hall–Kier alpha value is -1.57. The van der Waals surface area contributed by atoms with Crippen molar-refractivity contribution in [3.8, 4) is 0 Å². The number of amides is 1. The topological polar surface area (TPSA) is 58.4 Å². The van der Waals surface area contributed by atoms with Crippen molar-refractivity contribution in [3.63, 3.8) is 0 Å². The van der Waals surface area contributed by atoms with Gasteiger partial charge in [-0.25, -0.2) is 4.98 Å². The summed E-state index contributed by atoms with van der Waals surface area (Å²) in [6.07, 6.45) is -0.348. The van der Waals surface area contributed by atoms with E-state index in [-0.39, 0.29) is 19.0 Å². The lowest BCUT2D eigenvalue weighted by Crippen LogP contribution is -2.57. The maximum Gasteiger partial charge on any atom is 0.426 e. The van der Waals surface area contributed by atoms with Gasteiger partial charge in [-0.3, -0.25) is 4.79 Å². The predicted molar refractivity (Wildman–Crippen MR) is 68.4 cm³/mol. The fourth-order valence-electron chi connectivity index (χ4n) is 2.59. The summed E-state index contributed by atoms with van der Waals surface area (Å²) in [7, 11) is 1.80. The Morgan fingerprint density at radius 3 is 2.67 bits per heavy atom. The van der Waals surface area contributed by atoms with Crippen LogP contribution in [0.25, 0.3) is 0 Å². The van der Waals surface area contributed by atoms with Crippen LogP contribution >= 0.6 is 0 Å². The average Bonchev–Trinajstić information content (AvgIpc) is 2.83. The summed E-state index contributed by atoms with van der Waals surface area (Å²) in [5.41, 5.74) is -2.47. The van der Waals surface area contributed by atoms with E-state index in [0.717, 1.165) is 17.0 Å². The Bertz CT molecular complexity index is 525. The van der Waals surface area contributed by atoms with Crippen molar-refractivity contribution in [1.82, 2.24) is 14.5 Å². The normalized spacial score (nSPS) is 23.0. The number of halogens is 3. The van der Waals surface area contributed by atoms with Gasteiger partial charge in [0.05, 0.1) is 6.33 Å². The first-order valence-electron chi connectivity index (χ1n) is 6.69. The van der Waals surface area contributed by atoms with Gasteiger partial charge >= 0.3 is 6.18 Å². The zero-order chi connectivity index (χ0) is 15.8. The third-order valence-corrected chi connectivity index (χ3v) is 3.95. The molecule has 2 rings (SSSR count). The number of aromatic nitrogens is 2. The molecule has 0 spiro atoms. The second-order valence-electron chi connectivity index (χ2n) is 5.59. The van der Waals surface area contributed by atoms with E-state index in [2.05, 4.69) is 4.98 Å². The molecule has 0 bridgehead atoms. The van der Waals surface area contributed by atoms with Gasteiger partial charge in [0.2, 0.25) is 5.60 Å². The van der Waals surface area contributed by atoms with E-state index in [9.17, 15) is 23.1 Å². The minimum atomic E-state index is -4.98. The highest BCUT2D eigenvalue weighted by Crippen LogP contribution is 2.34. The number of aryl methyl sites for hydroxylation is 1. The van der Waals surface area contributed by atoms with E-state index in [1.807, 2.05) is 0 Å². The number of likely N-dealkylation sites (tertiary alicyclic amines) is 1. The van der Waals surface area contributed by atoms with Gasteiger partial charge in [0.15, 0.2) is 0 Å². The number of nitrogens with zero attached hydrogens (tertiary/aromatic N) is 3. The van der Waals surface area contributed by atoms with E-state index in [4.69, 9.17) is 0 Å². The smallest absolute Gasteiger partial charge is 0.373 e. The first kappa shape index (κ1) is 15.8. The Balaban J connectivity index is 2.15. The molecule has 1 aliphatic rings. The Kier molecular flexibility index (Phi) is 4.01. The molecule has 1 amide bonds. The molecular weight excluding hydrogens is 287 g/mol. The molecule has 1 aromatic rings. The Morgan fingerprint density at radius 1 is 1.48 bits per heavy atom. The molecule has 2 unspecified atom stereocenters. The molecule has 0 aromatic carbocycles. The van der Waals surface area contributed by atoms with Crippen LogP contribution in [0.5, 0.6) is 0 Å². The van der Waals surface area contributed by atoms with Crippen LogP contribution in [0.1, 0.15) is 31.4 Å². The molecule has 0 saturated carbocycles. The Morgan fingerprint density at radius 2 is 2.14 bits per heavy atom. The number of rotatable bonds is 2. The highest BCUT2D eigenvalue weighted by molar-refractivity contribution is 5.85. The Labute approximate surface area is 120 Å². The van der Waals surface area contributed by atoms with Gasteiger partial charge in [-0.1, -0.05) is 0 Å². The molecule has 1 N–H and O–H groups in total. The summed E-state index contributed by atoms with van der Waals surface area (Å²) in [5, 5.41) is 9.51. The molecule has 8 heteroatoms. The van der Waals surface area contributed by atoms with E-state index < -0.39 is 17.7 Å². The fourth-order valence-corrected chi connectivity index (χ4v) is 2.59. The molecule has 118 valence electrons. The zero-order valence-corrected chi connectivity index (χ0v) is 11.9. The first-order valence-corrected chi connectivity index (χ1v) is 6.69. The van der Waals surface area contributed by atoms with Crippen LogP contribution in [-0.2, 0) is 11.8 Å². The van der Waals surface area contributed by atoms with Gasteiger partial charge in [-0.15, -0.1) is 0 Å². The summed E-state index contributed by atoms with van der Waals surface area (Å²) in [4.78, 5) is 17.1. The van der Waals surface area contributed by atoms with Crippen molar-refractivity contribution in [3.05, 3.63) is 18.2 Å². The third-order valence-electron chi connectivity index (χ3n) is 3.95. The lowest BCUT2D eigenvalue weighted by molar-refractivity contribution is -0.250. The molecule has 0 radical (unpaired) electrons.